The molecule has 106 valence electrons. The molecule has 0 fully saturated rings. The van der Waals surface area contributed by atoms with Crippen molar-refractivity contribution in [3.63, 3.8) is 0 Å². The Kier molecular flexibility index (Phi) is 5.35. The molecule has 0 amide bonds. The summed E-state index contributed by atoms with van der Waals surface area (Å²) < 4.78 is 1.12. The van der Waals surface area contributed by atoms with Crippen LogP contribution in [0.15, 0.2) is 53.0 Å². The molecule has 2 aromatic carbocycles. The minimum Gasteiger partial charge on any atom is -0.329 e. The molecular weight excluding hydrogens is 312 g/mol. The van der Waals surface area contributed by atoms with Crippen molar-refractivity contribution < 1.29 is 0 Å². The van der Waals surface area contributed by atoms with Crippen molar-refractivity contribution in [1.29, 1.82) is 0 Å². The lowest BCUT2D eigenvalue weighted by atomic mass is 10.0. The fraction of sp³-hybridized carbons (Fsp3) is 0.294. The van der Waals surface area contributed by atoms with E-state index in [1.165, 1.54) is 16.7 Å². The Morgan fingerprint density at radius 3 is 2.40 bits per heavy atom. The van der Waals surface area contributed by atoms with E-state index in [4.69, 9.17) is 5.73 Å². The number of likely N-dealkylation sites (N-methyl/N-ethyl adjacent to an activating group) is 1. The number of nitrogens with zero attached hydrogens (tertiary/aromatic N) is 1. The molecule has 2 rings (SSSR count). The zero-order valence-corrected chi connectivity index (χ0v) is 13.6. The number of nitrogens with two attached hydrogens (primary N) is 1. The molecule has 0 aliphatic heterocycles. The van der Waals surface area contributed by atoms with Crippen molar-refractivity contribution in [2.75, 3.05) is 13.6 Å². The van der Waals surface area contributed by atoms with E-state index in [0.717, 1.165) is 11.0 Å². The zero-order chi connectivity index (χ0) is 14.5. The van der Waals surface area contributed by atoms with E-state index in [1.54, 1.807) is 0 Å². The van der Waals surface area contributed by atoms with Gasteiger partial charge in [0.25, 0.3) is 0 Å². The average Bonchev–Trinajstić information content (AvgIpc) is 2.44. The van der Waals surface area contributed by atoms with Crippen molar-refractivity contribution in [2.24, 2.45) is 5.73 Å². The van der Waals surface area contributed by atoms with Crippen LogP contribution in [0.3, 0.4) is 0 Å². The van der Waals surface area contributed by atoms with Gasteiger partial charge in [-0.2, -0.15) is 0 Å². The van der Waals surface area contributed by atoms with Gasteiger partial charge in [-0.25, -0.2) is 0 Å². The Morgan fingerprint density at radius 2 is 1.75 bits per heavy atom. The minimum atomic E-state index is 0.213. The van der Waals surface area contributed by atoms with E-state index in [9.17, 15) is 0 Å². The number of benzene rings is 2. The van der Waals surface area contributed by atoms with Crippen molar-refractivity contribution in [1.82, 2.24) is 4.90 Å². The first-order valence-corrected chi connectivity index (χ1v) is 7.62. The normalized spacial score (nSPS) is 12.7. The van der Waals surface area contributed by atoms with E-state index in [-0.39, 0.29) is 6.04 Å². The quantitative estimate of drug-likeness (QED) is 0.899. The van der Waals surface area contributed by atoms with Crippen LogP contribution in [0.5, 0.6) is 0 Å². The van der Waals surface area contributed by atoms with Gasteiger partial charge in [0.05, 0.1) is 0 Å². The zero-order valence-electron chi connectivity index (χ0n) is 12.0. The molecule has 0 aliphatic rings. The molecule has 0 heterocycles. The summed E-state index contributed by atoms with van der Waals surface area (Å²) >= 11 is 3.62. The second-order valence-corrected chi connectivity index (χ2v) is 5.97. The van der Waals surface area contributed by atoms with Crippen molar-refractivity contribution in [3.05, 3.63) is 69.7 Å². The highest BCUT2D eigenvalue weighted by Crippen LogP contribution is 2.27. The maximum absolute atomic E-state index is 6.00. The molecule has 0 bridgehead atoms. The largest absolute Gasteiger partial charge is 0.329 e. The summed E-state index contributed by atoms with van der Waals surface area (Å²) in [4.78, 5) is 2.31. The van der Waals surface area contributed by atoms with Crippen LogP contribution in [-0.2, 0) is 6.54 Å². The molecule has 2 nitrogen and oxygen atoms in total. The van der Waals surface area contributed by atoms with Crippen LogP contribution in [-0.4, -0.2) is 18.5 Å². The maximum Gasteiger partial charge on any atom is 0.0482 e. The summed E-state index contributed by atoms with van der Waals surface area (Å²) in [6.07, 6.45) is 0. The molecular formula is C17H21BrN2. The third kappa shape index (κ3) is 3.48. The number of halogens is 1. The molecule has 0 radical (unpaired) electrons. The second-order valence-electron chi connectivity index (χ2n) is 5.11. The Bertz CT molecular complexity index is 568. The number of rotatable bonds is 5. The van der Waals surface area contributed by atoms with Crippen LogP contribution < -0.4 is 5.73 Å². The van der Waals surface area contributed by atoms with Gasteiger partial charge in [0, 0.05) is 23.6 Å². The van der Waals surface area contributed by atoms with E-state index < -0.39 is 0 Å². The number of hydrogen-bond acceptors (Lipinski definition) is 2. The Balaban J connectivity index is 2.20. The topological polar surface area (TPSA) is 29.3 Å². The lowest BCUT2D eigenvalue weighted by Gasteiger charge is -2.28. The smallest absolute Gasteiger partial charge is 0.0482 e. The highest BCUT2D eigenvalue weighted by atomic mass is 79.9. The molecule has 2 aromatic rings. The van der Waals surface area contributed by atoms with Crippen molar-refractivity contribution in [3.8, 4) is 0 Å². The van der Waals surface area contributed by atoms with Crippen molar-refractivity contribution in [2.45, 2.75) is 19.5 Å². The molecule has 3 heteroatoms. The molecule has 1 atom stereocenters. The van der Waals surface area contributed by atoms with Gasteiger partial charge < -0.3 is 5.73 Å². The third-order valence-electron chi connectivity index (χ3n) is 3.70. The molecule has 0 spiro atoms. The predicted molar refractivity (Wildman–Crippen MR) is 88.6 cm³/mol. The van der Waals surface area contributed by atoms with Crippen LogP contribution in [0.4, 0.5) is 0 Å². The molecule has 0 saturated carbocycles. The van der Waals surface area contributed by atoms with Gasteiger partial charge in [0.1, 0.15) is 0 Å². The fourth-order valence-corrected chi connectivity index (χ4v) is 3.01. The second kappa shape index (κ2) is 7.02. The average molecular weight is 333 g/mol. The van der Waals surface area contributed by atoms with Gasteiger partial charge in [-0.3, -0.25) is 4.90 Å². The lowest BCUT2D eigenvalue weighted by Crippen LogP contribution is -2.30. The van der Waals surface area contributed by atoms with Gasteiger partial charge in [-0.1, -0.05) is 58.4 Å². The van der Waals surface area contributed by atoms with Crippen LogP contribution in [0.1, 0.15) is 22.7 Å². The standard InChI is InChI=1S/C17H21BrN2/c1-13-7-3-4-8-14(13)12-20(2)17(11-19)15-9-5-6-10-16(15)18/h3-10,17H,11-12,19H2,1-2H3. The fourth-order valence-electron chi connectivity index (χ4n) is 2.46. The molecule has 1 unspecified atom stereocenters. The molecule has 20 heavy (non-hydrogen) atoms. The molecule has 0 saturated heterocycles. The Hall–Kier alpha value is -1.16. The Labute approximate surface area is 129 Å². The summed E-state index contributed by atoms with van der Waals surface area (Å²) in [5.74, 6) is 0. The maximum atomic E-state index is 6.00. The monoisotopic (exact) mass is 332 g/mol. The molecule has 0 aliphatic carbocycles. The number of aryl methyl sites for hydroxylation is 1. The summed E-state index contributed by atoms with van der Waals surface area (Å²) in [6.45, 7) is 3.65. The van der Waals surface area contributed by atoms with Gasteiger partial charge >= 0.3 is 0 Å². The van der Waals surface area contributed by atoms with Gasteiger partial charge in [-0.15, -0.1) is 0 Å². The van der Waals surface area contributed by atoms with E-state index in [0.29, 0.717) is 6.54 Å². The summed E-state index contributed by atoms with van der Waals surface area (Å²) in [5.41, 5.74) is 9.91. The number of hydrogen-bond donors (Lipinski definition) is 1. The first kappa shape index (κ1) is 15.2. The highest BCUT2D eigenvalue weighted by Gasteiger charge is 2.18. The lowest BCUT2D eigenvalue weighted by molar-refractivity contribution is 0.240. The van der Waals surface area contributed by atoms with Crippen LogP contribution in [0.2, 0.25) is 0 Å². The summed E-state index contributed by atoms with van der Waals surface area (Å²) in [7, 11) is 2.13. The first-order chi connectivity index (χ1) is 9.63. The SMILES string of the molecule is Cc1ccccc1CN(C)C(CN)c1ccccc1Br. The van der Waals surface area contributed by atoms with Crippen molar-refractivity contribution >= 4 is 15.9 Å². The highest BCUT2D eigenvalue weighted by molar-refractivity contribution is 9.10. The Morgan fingerprint density at radius 1 is 1.10 bits per heavy atom. The minimum absolute atomic E-state index is 0.213. The first-order valence-electron chi connectivity index (χ1n) is 6.82. The summed E-state index contributed by atoms with van der Waals surface area (Å²) in [6, 6.07) is 17.0. The summed E-state index contributed by atoms with van der Waals surface area (Å²) in [5, 5.41) is 0. The van der Waals surface area contributed by atoms with E-state index in [1.807, 2.05) is 6.07 Å². The van der Waals surface area contributed by atoms with Gasteiger partial charge in [0.15, 0.2) is 0 Å². The third-order valence-corrected chi connectivity index (χ3v) is 4.42. The van der Waals surface area contributed by atoms with Gasteiger partial charge in [0.2, 0.25) is 0 Å². The molecule has 2 N–H and O–H groups in total. The van der Waals surface area contributed by atoms with Gasteiger partial charge in [-0.05, 0) is 36.7 Å². The van der Waals surface area contributed by atoms with E-state index >= 15 is 0 Å². The van der Waals surface area contributed by atoms with Crippen LogP contribution in [0.25, 0.3) is 0 Å². The van der Waals surface area contributed by atoms with E-state index in [2.05, 4.69) is 77.3 Å². The predicted octanol–water partition coefficient (Wildman–Crippen LogP) is 3.89. The van der Waals surface area contributed by atoms with Crippen LogP contribution in [0, 0.1) is 6.92 Å². The molecule has 0 aromatic heterocycles. The van der Waals surface area contributed by atoms with Crippen LogP contribution >= 0.6 is 15.9 Å².